The predicted octanol–water partition coefficient (Wildman–Crippen LogP) is 2.70. The molecule has 2 aliphatic rings. The maximum absolute atomic E-state index is 5.96. The Hall–Kier alpha value is -0.580. The monoisotopic (exact) mass is 297 g/mol. The maximum atomic E-state index is 5.96. The highest BCUT2D eigenvalue weighted by molar-refractivity contribution is 9.10. The van der Waals surface area contributed by atoms with Gasteiger partial charge in [0.25, 0.3) is 0 Å². The molecule has 2 N–H and O–H groups in total. The van der Waals surface area contributed by atoms with E-state index in [1.165, 1.54) is 24.8 Å². The average molecular weight is 298 g/mol. The molecule has 0 unspecified atom stereocenters. The first kappa shape index (κ1) is 11.5. The van der Waals surface area contributed by atoms with E-state index >= 15 is 0 Å². The van der Waals surface area contributed by atoms with Crippen LogP contribution in [0.25, 0.3) is 0 Å². The van der Waals surface area contributed by atoms with Gasteiger partial charge < -0.3 is 15.2 Å². The van der Waals surface area contributed by atoms with Gasteiger partial charge >= 0.3 is 0 Å². The van der Waals surface area contributed by atoms with Crippen LogP contribution in [0.15, 0.2) is 16.6 Å². The van der Waals surface area contributed by atoms with Crippen molar-refractivity contribution >= 4 is 15.9 Å². The van der Waals surface area contributed by atoms with Gasteiger partial charge in [-0.25, -0.2) is 0 Å². The summed E-state index contributed by atoms with van der Waals surface area (Å²) in [6.45, 7) is 1.69. The third kappa shape index (κ3) is 1.79. The number of hydrogen-bond acceptors (Lipinski definition) is 3. The molecule has 3 nitrogen and oxygen atoms in total. The first-order chi connectivity index (χ1) is 8.25. The van der Waals surface area contributed by atoms with E-state index in [1.54, 1.807) is 0 Å². The molecular weight excluding hydrogens is 282 g/mol. The summed E-state index contributed by atoms with van der Waals surface area (Å²) in [6.07, 6.45) is 3.62. The minimum Gasteiger partial charge on any atom is -0.467 e. The summed E-state index contributed by atoms with van der Waals surface area (Å²) in [4.78, 5) is 0. The fourth-order valence-electron chi connectivity index (χ4n) is 2.69. The van der Waals surface area contributed by atoms with Gasteiger partial charge in [0.05, 0.1) is 6.61 Å². The molecule has 0 amide bonds. The molecule has 1 aliphatic heterocycles. The molecule has 0 aromatic heterocycles. The smallest absolute Gasteiger partial charge is 0.189 e. The highest BCUT2D eigenvalue weighted by Gasteiger charge is 2.39. The predicted molar refractivity (Wildman–Crippen MR) is 69.0 cm³/mol. The van der Waals surface area contributed by atoms with Gasteiger partial charge in [-0.2, -0.15) is 0 Å². The maximum Gasteiger partial charge on any atom is 0.189 e. The Bertz CT molecular complexity index is 438. The summed E-state index contributed by atoms with van der Waals surface area (Å²) < 4.78 is 12.0. The molecule has 1 fully saturated rings. The van der Waals surface area contributed by atoms with Crippen molar-refractivity contribution in [2.24, 2.45) is 5.73 Å². The van der Waals surface area contributed by atoms with Crippen LogP contribution in [0.3, 0.4) is 0 Å². The number of ether oxygens (including phenoxy) is 2. The molecule has 1 aromatic carbocycles. The molecule has 0 atom stereocenters. The summed E-state index contributed by atoms with van der Waals surface area (Å²) in [6, 6.07) is 4.26. The largest absolute Gasteiger partial charge is 0.467 e. The van der Waals surface area contributed by atoms with Crippen molar-refractivity contribution in [3.8, 4) is 5.75 Å². The molecule has 0 saturated heterocycles. The zero-order valence-corrected chi connectivity index (χ0v) is 11.3. The first-order valence-electron chi connectivity index (χ1n) is 5.99. The van der Waals surface area contributed by atoms with Crippen molar-refractivity contribution in [3.05, 3.63) is 27.7 Å². The molecule has 17 heavy (non-hydrogen) atoms. The Morgan fingerprint density at radius 1 is 1.35 bits per heavy atom. The zero-order valence-electron chi connectivity index (χ0n) is 9.67. The Morgan fingerprint density at radius 2 is 2.18 bits per heavy atom. The second kappa shape index (κ2) is 4.26. The summed E-state index contributed by atoms with van der Waals surface area (Å²) in [5, 5.41) is 0. The van der Waals surface area contributed by atoms with E-state index in [1.807, 2.05) is 0 Å². The molecule has 92 valence electrons. The summed E-state index contributed by atoms with van der Waals surface area (Å²) >= 11 is 3.66. The van der Waals surface area contributed by atoms with Gasteiger partial charge in [-0.05, 0) is 30.5 Å². The summed E-state index contributed by atoms with van der Waals surface area (Å²) in [5.74, 6) is 0.953. The van der Waals surface area contributed by atoms with E-state index in [4.69, 9.17) is 15.2 Å². The summed E-state index contributed by atoms with van der Waals surface area (Å²) in [5.41, 5.74) is 8.53. The quantitative estimate of drug-likeness (QED) is 0.913. The van der Waals surface area contributed by atoms with Crippen molar-refractivity contribution < 1.29 is 9.47 Å². The molecule has 0 bridgehead atoms. The minimum atomic E-state index is 0.162. The standard InChI is InChI=1S/C13H16BrNO2/c14-11-4-9-6-16-8-17-12(9)5-10(11)13(7-15)2-1-3-13/h4-5H,1-3,6-8,15H2. The number of nitrogens with two attached hydrogens (primary N) is 1. The van der Waals surface area contributed by atoms with Crippen LogP contribution in [-0.2, 0) is 16.8 Å². The second-order valence-electron chi connectivity index (χ2n) is 4.89. The van der Waals surface area contributed by atoms with Crippen LogP contribution >= 0.6 is 15.9 Å². The van der Waals surface area contributed by atoms with Crippen LogP contribution in [0, 0.1) is 0 Å². The van der Waals surface area contributed by atoms with E-state index < -0.39 is 0 Å². The number of halogens is 1. The third-order valence-corrected chi connectivity index (χ3v) is 4.63. The van der Waals surface area contributed by atoms with Gasteiger partial charge in [-0.1, -0.05) is 22.4 Å². The topological polar surface area (TPSA) is 44.5 Å². The Kier molecular flexibility index (Phi) is 2.89. The fourth-order valence-corrected chi connectivity index (χ4v) is 3.50. The van der Waals surface area contributed by atoms with E-state index in [-0.39, 0.29) is 5.41 Å². The lowest BCUT2D eigenvalue weighted by molar-refractivity contribution is -0.0166. The summed E-state index contributed by atoms with van der Waals surface area (Å²) in [7, 11) is 0. The Balaban J connectivity index is 2.05. The number of benzene rings is 1. The highest BCUT2D eigenvalue weighted by Crippen LogP contribution is 2.47. The lowest BCUT2D eigenvalue weighted by Gasteiger charge is -2.42. The first-order valence-corrected chi connectivity index (χ1v) is 6.78. The molecule has 1 saturated carbocycles. The van der Waals surface area contributed by atoms with Crippen LogP contribution < -0.4 is 10.5 Å². The Morgan fingerprint density at radius 3 is 2.82 bits per heavy atom. The van der Waals surface area contributed by atoms with Crippen molar-refractivity contribution in [1.29, 1.82) is 0 Å². The molecule has 0 radical (unpaired) electrons. The molecule has 1 aromatic rings. The van der Waals surface area contributed by atoms with Crippen LogP contribution in [0.4, 0.5) is 0 Å². The van der Waals surface area contributed by atoms with Crippen LogP contribution in [0.1, 0.15) is 30.4 Å². The molecule has 4 heteroatoms. The van der Waals surface area contributed by atoms with Crippen LogP contribution in [0.2, 0.25) is 0 Å². The van der Waals surface area contributed by atoms with Crippen LogP contribution in [-0.4, -0.2) is 13.3 Å². The fraction of sp³-hybridized carbons (Fsp3) is 0.538. The molecular formula is C13H16BrNO2. The zero-order chi connectivity index (χ0) is 11.9. The van der Waals surface area contributed by atoms with Gasteiger partial charge in [0.2, 0.25) is 0 Å². The lowest BCUT2D eigenvalue weighted by atomic mass is 9.64. The third-order valence-electron chi connectivity index (χ3n) is 3.98. The van der Waals surface area contributed by atoms with Gasteiger partial charge in [-0.3, -0.25) is 0 Å². The molecule has 1 aliphatic carbocycles. The normalized spacial score (nSPS) is 21.3. The lowest BCUT2D eigenvalue weighted by Crippen LogP contribution is -2.41. The Labute approximate surface area is 109 Å². The van der Waals surface area contributed by atoms with Gasteiger partial charge in [0, 0.05) is 22.0 Å². The van der Waals surface area contributed by atoms with Crippen molar-refractivity contribution in [3.63, 3.8) is 0 Å². The number of hydrogen-bond donors (Lipinski definition) is 1. The van der Waals surface area contributed by atoms with E-state index in [0.29, 0.717) is 19.9 Å². The minimum absolute atomic E-state index is 0.162. The number of fused-ring (bicyclic) bond motifs is 1. The molecule has 1 heterocycles. The SMILES string of the molecule is NCC1(c2cc3c(cc2Br)COCO3)CCC1. The van der Waals surface area contributed by atoms with Crippen LogP contribution in [0.5, 0.6) is 5.75 Å². The average Bonchev–Trinajstić information content (AvgIpc) is 2.29. The van der Waals surface area contributed by atoms with Gasteiger partial charge in [0.15, 0.2) is 6.79 Å². The van der Waals surface area contributed by atoms with Crippen molar-refractivity contribution in [2.45, 2.75) is 31.3 Å². The van der Waals surface area contributed by atoms with Crippen molar-refractivity contribution in [1.82, 2.24) is 0 Å². The second-order valence-corrected chi connectivity index (χ2v) is 5.74. The molecule has 3 rings (SSSR count). The van der Waals surface area contributed by atoms with Gasteiger partial charge in [-0.15, -0.1) is 0 Å². The van der Waals surface area contributed by atoms with E-state index in [9.17, 15) is 0 Å². The van der Waals surface area contributed by atoms with E-state index in [2.05, 4.69) is 28.1 Å². The molecule has 0 spiro atoms. The van der Waals surface area contributed by atoms with E-state index in [0.717, 1.165) is 15.8 Å². The number of rotatable bonds is 2. The van der Waals surface area contributed by atoms with Gasteiger partial charge in [0.1, 0.15) is 5.75 Å². The highest BCUT2D eigenvalue weighted by atomic mass is 79.9. The van der Waals surface area contributed by atoms with Crippen molar-refractivity contribution in [2.75, 3.05) is 13.3 Å².